The number of fused-ring (bicyclic) bond motifs is 1. The van der Waals surface area contributed by atoms with Gasteiger partial charge in [-0.2, -0.15) is 0 Å². The molecule has 0 spiro atoms. The molecule has 0 saturated carbocycles. The van der Waals surface area contributed by atoms with Crippen molar-refractivity contribution in [1.82, 2.24) is 19.4 Å². The number of esters is 1. The molecule has 0 bridgehead atoms. The first kappa shape index (κ1) is 24.4. The molecule has 2 aliphatic rings. The third-order valence-corrected chi connectivity index (χ3v) is 6.53. The Morgan fingerprint density at radius 3 is 2.63 bits per heavy atom. The fourth-order valence-electron chi connectivity index (χ4n) is 4.70. The van der Waals surface area contributed by atoms with Crippen molar-refractivity contribution >= 4 is 17.8 Å². The molecule has 10 heteroatoms. The topological polar surface area (TPSA) is 111 Å². The summed E-state index contributed by atoms with van der Waals surface area (Å²) in [7, 11) is 1.27. The smallest absolute Gasteiger partial charge is 0.343 e. The monoisotopic (exact) mass is 482 g/mol. The number of hydrogen-bond acceptors (Lipinski definition) is 7. The van der Waals surface area contributed by atoms with Crippen LogP contribution in [0.15, 0.2) is 35.3 Å². The van der Waals surface area contributed by atoms with Crippen LogP contribution in [-0.2, 0) is 33.9 Å². The lowest BCUT2D eigenvalue weighted by Gasteiger charge is -2.24. The summed E-state index contributed by atoms with van der Waals surface area (Å²) in [4.78, 5) is 58.9. The van der Waals surface area contributed by atoms with Gasteiger partial charge >= 0.3 is 5.97 Å². The highest BCUT2D eigenvalue weighted by Crippen LogP contribution is 2.27. The van der Waals surface area contributed by atoms with Gasteiger partial charge in [-0.05, 0) is 26.0 Å². The molecule has 1 fully saturated rings. The van der Waals surface area contributed by atoms with Crippen LogP contribution in [-0.4, -0.2) is 69.9 Å². The molecule has 0 radical (unpaired) electrons. The maximum Gasteiger partial charge on any atom is 0.343 e. The van der Waals surface area contributed by atoms with E-state index in [-0.39, 0.29) is 60.7 Å². The first-order valence-electron chi connectivity index (χ1n) is 11.8. The van der Waals surface area contributed by atoms with Crippen molar-refractivity contribution in [3.63, 3.8) is 0 Å². The fraction of sp³-hybridized carbons (Fsp3) is 0.480. The third kappa shape index (κ3) is 5.06. The Bertz CT molecular complexity index is 1180. The minimum atomic E-state index is -0.612. The standard InChI is InChI=1S/C25H30N4O6/c1-16(2)29-14-17(12-21(29)30)24(32)27-9-7-19-23(25(33)34-3)20(13-22(31)28(19)11-10-27)35-15-18-6-4-5-8-26-18/h4-6,8,13,16-17H,7,9-12,14-15H2,1-3H3/t17-/m1/s1. The Hall–Kier alpha value is -3.69. The summed E-state index contributed by atoms with van der Waals surface area (Å²) in [6.07, 6.45) is 2.11. The van der Waals surface area contributed by atoms with Crippen LogP contribution in [0, 0.1) is 5.92 Å². The summed E-state index contributed by atoms with van der Waals surface area (Å²) < 4.78 is 12.3. The zero-order chi connectivity index (χ0) is 25.1. The normalized spacial score (nSPS) is 17.8. The van der Waals surface area contributed by atoms with Gasteiger partial charge in [-0.25, -0.2) is 4.79 Å². The second-order valence-corrected chi connectivity index (χ2v) is 9.04. The predicted molar refractivity (Wildman–Crippen MR) is 126 cm³/mol. The number of carbonyl (C=O) groups excluding carboxylic acids is 3. The molecular weight excluding hydrogens is 452 g/mol. The number of aromatic nitrogens is 2. The molecule has 1 atom stereocenters. The first-order chi connectivity index (χ1) is 16.8. The van der Waals surface area contributed by atoms with Gasteiger partial charge in [0.05, 0.1) is 18.7 Å². The van der Waals surface area contributed by atoms with Crippen molar-refractivity contribution in [3.8, 4) is 5.75 Å². The minimum Gasteiger partial charge on any atom is -0.486 e. The number of ether oxygens (including phenoxy) is 2. The van der Waals surface area contributed by atoms with E-state index in [9.17, 15) is 19.2 Å². The van der Waals surface area contributed by atoms with Crippen molar-refractivity contribution < 1.29 is 23.9 Å². The Labute approximate surface area is 203 Å². The van der Waals surface area contributed by atoms with E-state index < -0.39 is 11.9 Å². The number of methoxy groups -OCH3 is 1. The molecule has 4 rings (SSSR count). The molecule has 2 amide bonds. The zero-order valence-electron chi connectivity index (χ0n) is 20.2. The van der Waals surface area contributed by atoms with Crippen LogP contribution in [0.5, 0.6) is 5.75 Å². The van der Waals surface area contributed by atoms with Crippen LogP contribution in [0.3, 0.4) is 0 Å². The molecule has 0 aromatic carbocycles. The Kier molecular flexibility index (Phi) is 7.18. The third-order valence-electron chi connectivity index (χ3n) is 6.53. The molecule has 0 unspecified atom stereocenters. The highest BCUT2D eigenvalue weighted by atomic mass is 16.5. The summed E-state index contributed by atoms with van der Waals surface area (Å²) in [5, 5.41) is 0. The largest absolute Gasteiger partial charge is 0.486 e. The van der Waals surface area contributed by atoms with Gasteiger partial charge in [0.15, 0.2) is 0 Å². The molecule has 4 heterocycles. The number of hydrogen-bond donors (Lipinski definition) is 0. The van der Waals surface area contributed by atoms with Gasteiger partial charge in [-0.3, -0.25) is 19.4 Å². The molecule has 1 saturated heterocycles. The Balaban J connectivity index is 1.57. The van der Waals surface area contributed by atoms with E-state index >= 15 is 0 Å². The molecule has 186 valence electrons. The lowest BCUT2D eigenvalue weighted by molar-refractivity contribution is -0.135. The van der Waals surface area contributed by atoms with Gasteiger partial charge in [0.25, 0.3) is 5.56 Å². The summed E-state index contributed by atoms with van der Waals surface area (Å²) in [6, 6.07) is 6.72. The number of amides is 2. The maximum atomic E-state index is 13.2. The number of rotatable bonds is 6. The lowest BCUT2D eigenvalue weighted by Crippen LogP contribution is -2.40. The number of pyridine rings is 2. The zero-order valence-corrected chi connectivity index (χ0v) is 20.2. The SMILES string of the molecule is COC(=O)c1c(OCc2ccccn2)cc(=O)n2c1CCN(C(=O)[C@@H]1CC(=O)N(C(C)C)C1)CC2. The van der Waals surface area contributed by atoms with Gasteiger partial charge in [-0.1, -0.05) is 6.07 Å². The van der Waals surface area contributed by atoms with E-state index in [1.54, 1.807) is 28.1 Å². The van der Waals surface area contributed by atoms with E-state index in [0.29, 0.717) is 31.0 Å². The summed E-state index contributed by atoms with van der Waals surface area (Å²) in [6.45, 7) is 5.21. The number of likely N-dealkylation sites (tertiary alicyclic amines) is 1. The van der Waals surface area contributed by atoms with E-state index in [0.717, 1.165) is 0 Å². The van der Waals surface area contributed by atoms with Crippen molar-refractivity contribution in [2.75, 3.05) is 26.7 Å². The number of carbonyl (C=O) groups is 3. The molecule has 10 nitrogen and oxygen atoms in total. The molecule has 0 N–H and O–H groups in total. The van der Waals surface area contributed by atoms with Gasteiger partial charge in [0.2, 0.25) is 11.8 Å². The maximum absolute atomic E-state index is 13.2. The highest BCUT2D eigenvalue weighted by molar-refractivity contribution is 5.94. The molecule has 2 aliphatic heterocycles. The fourth-order valence-corrected chi connectivity index (χ4v) is 4.70. The van der Waals surface area contributed by atoms with Gasteiger partial charge in [0.1, 0.15) is 17.9 Å². The van der Waals surface area contributed by atoms with E-state index in [4.69, 9.17) is 9.47 Å². The summed E-state index contributed by atoms with van der Waals surface area (Å²) >= 11 is 0. The predicted octanol–water partition coefficient (Wildman–Crippen LogP) is 1.25. The van der Waals surface area contributed by atoms with Gasteiger partial charge in [0, 0.05) is 63.0 Å². The second kappa shape index (κ2) is 10.3. The van der Waals surface area contributed by atoms with Gasteiger partial charge < -0.3 is 23.8 Å². The Morgan fingerprint density at radius 1 is 1.17 bits per heavy atom. The second-order valence-electron chi connectivity index (χ2n) is 9.04. The average Bonchev–Trinajstić information content (AvgIpc) is 3.11. The summed E-state index contributed by atoms with van der Waals surface area (Å²) in [5.41, 5.74) is 0.984. The van der Waals surface area contributed by atoms with Crippen LogP contribution >= 0.6 is 0 Å². The Morgan fingerprint density at radius 2 is 1.97 bits per heavy atom. The molecule has 2 aromatic rings. The summed E-state index contributed by atoms with van der Waals surface area (Å²) in [5.74, 6) is -1.00. The van der Waals surface area contributed by atoms with Gasteiger partial charge in [-0.15, -0.1) is 0 Å². The average molecular weight is 483 g/mol. The van der Waals surface area contributed by atoms with Crippen LogP contribution in [0.25, 0.3) is 0 Å². The lowest BCUT2D eigenvalue weighted by atomic mass is 10.1. The molecule has 35 heavy (non-hydrogen) atoms. The van der Waals surface area contributed by atoms with Crippen LogP contribution in [0.1, 0.15) is 42.0 Å². The quantitative estimate of drug-likeness (QED) is 0.570. The minimum absolute atomic E-state index is 0.0182. The first-order valence-corrected chi connectivity index (χ1v) is 11.8. The van der Waals surface area contributed by atoms with Crippen LogP contribution in [0.4, 0.5) is 0 Å². The van der Waals surface area contributed by atoms with Crippen molar-refractivity contribution in [3.05, 3.63) is 57.8 Å². The van der Waals surface area contributed by atoms with E-state index in [1.165, 1.54) is 17.7 Å². The molecule has 0 aliphatic carbocycles. The van der Waals surface area contributed by atoms with Crippen molar-refractivity contribution in [1.29, 1.82) is 0 Å². The highest BCUT2D eigenvalue weighted by Gasteiger charge is 2.38. The number of nitrogens with zero attached hydrogens (tertiary/aromatic N) is 4. The van der Waals surface area contributed by atoms with Crippen LogP contribution in [0.2, 0.25) is 0 Å². The van der Waals surface area contributed by atoms with Crippen molar-refractivity contribution in [2.45, 2.75) is 45.9 Å². The van der Waals surface area contributed by atoms with E-state index in [1.807, 2.05) is 19.9 Å². The van der Waals surface area contributed by atoms with Crippen LogP contribution < -0.4 is 10.3 Å². The van der Waals surface area contributed by atoms with Crippen molar-refractivity contribution in [2.24, 2.45) is 5.92 Å². The molecular formula is C25H30N4O6. The van der Waals surface area contributed by atoms with E-state index in [2.05, 4.69) is 4.98 Å². The molecule has 2 aromatic heterocycles.